The van der Waals surface area contributed by atoms with E-state index in [1.807, 2.05) is 6.92 Å². The van der Waals surface area contributed by atoms with Gasteiger partial charge in [-0.05, 0) is 19.3 Å². The van der Waals surface area contributed by atoms with E-state index < -0.39 is 0 Å². The maximum absolute atomic E-state index is 11.7. The average Bonchev–Trinajstić information content (AvgIpc) is 2.28. The molecular weight excluding hydrogens is 202 g/mol. The van der Waals surface area contributed by atoms with Gasteiger partial charge in [0.2, 0.25) is 5.91 Å². The Balaban J connectivity index is 2.45. The Labute approximate surface area is 97.6 Å². The van der Waals surface area contributed by atoms with Crippen molar-refractivity contribution in [2.45, 2.75) is 32.4 Å². The molecule has 0 saturated carbocycles. The molecule has 1 fully saturated rings. The molecule has 4 heteroatoms. The van der Waals surface area contributed by atoms with Gasteiger partial charge in [0.05, 0.1) is 12.6 Å². The van der Waals surface area contributed by atoms with Gasteiger partial charge in [-0.3, -0.25) is 9.69 Å². The van der Waals surface area contributed by atoms with Crippen LogP contribution in [-0.2, 0) is 4.79 Å². The van der Waals surface area contributed by atoms with Gasteiger partial charge in [-0.2, -0.15) is 0 Å². The highest BCUT2D eigenvalue weighted by atomic mass is 16.2. The maximum Gasteiger partial charge on any atom is 0.237 e. The van der Waals surface area contributed by atoms with Gasteiger partial charge in [-0.1, -0.05) is 12.8 Å². The maximum atomic E-state index is 11.7. The smallest absolute Gasteiger partial charge is 0.237 e. The van der Waals surface area contributed by atoms with Crippen LogP contribution in [0.1, 0.15) is 20.3 Å². The molecule has 0 aliphatic carbocycles. The van der Waals surface area contributed by atoms with Gasteiger partial charge in [0.1, 0.15) is 0 Å². The number of hydrogen-bond donors (Lipinski definition) is 2. The number of carbonyl (C=O) groups excluding carboxylic acids is 1. The Hall–Kier alpha value is -1.05. The molecule has 1 saturated heterocycles. The molecular formula is C12H21N3O. The van der Waals surface area contributed by atoms with Crippen LogP contribution in [0, 0.1) is 18.3 Å². The Morgan fingerprint density at radius 3 is 3.00 bits per heavy atom. The normalized spacial score (nSPS) is 28.1. The number of carbonyl (C=O) groups is 1. The molecule has 0 radical (unpaired) electrons. The molecule has 90 valence electrons. The summed E-state index contributed by atoms with van der Waals surface area (Å²) in [6, 6.07) is 0.139. The summed E-state index contributed by atoms with van der Waals surface area (Å²) in [7, 11) is 0. The lowest BCUT2D eigenvalue weighted by molar-refractivity contribution is -0.126. The molecule has 0 bridgehead atoms. The molecule has 4 nitrogen and oxygen atoms in total. The zero-order valence-electron chi connectivity index (χ0n) is 10.1. The van der Waals surface area contributed by atoms with Crippen LogP contribution in [0.25, 0.3) is 0 Å². The molecule has 3 unspecified atom stereocenters. The Morgan fingerprint density at radius 1 is 1.75 bits per heavy atom. The number of rotatable bonds is 3. The number of likely N-dealkylation sites (tertiary alicyclic amines) is 1. The number of amides is 1. The van der Waals surface area contributed by atoms with E-state index in [1.165, 1.54) is 0 Å². The zero-order valence-corrected chi connectivity index (χ0v) is 10.1. The van der Waals surface area contributed by atoms with Gasteiger partial charge in [0.15, 0.2) is 0 Å². The van der Waals surface area contributed by atoms with Crippen LogP contribution < -0.4 is 11.1 Å². The minimum atomic E-state index is -0.122. The minimum absolute atomic E-state index is 0.000575. The van der Waals surface area contributed by atoms with Crippen LogP contribution in [0.2, 0.25) is 0 Å². The molecule has 0 aromatic heterocycles. The first-order valence-corrected chi connectivity index (χ1v) is 5.77. The van der Waals surface area contributed by atoms with Crippen LogP contribution in [-0.4, -0.2) is 42.5 Å². The summed E-state index contributed by atoms with van der Waals surface area (Å²) >= 11 is 0. The SMILES string of the molecule is C#CCNC(=O)C(C)N1CCC(N)C(C)C1. The van der Waals surface area contributed by atoms with Crippen molar-refractivity contribution in [1.82, 2.24) is 10.2 Å². The summed E-state index contributed by atoms with van der Waals surface area (Å²) < 4.78 is 0. The van der Waals surface area contributed by atoms with Crippen molar-refractivity contribution in [3.63, 3.8) is 0 Å². The molecule has 1 rings (SSSR count). The van der Waals surface area contributed by atoms with Crippen molar-refractivity contribution < 1.29 is 4.79 Å². The molecule has 1 amide bonds. The quantitative estimate of drug-likeness (QED) is 0.651. The molecule has 0 spiro atoms. The van der Waals surface area contributed by atoms with E-state index >= 15 is 0 Å². The fourth-order valence-corrected chi connectivity index (χ4v) is 2.00. The Morgan fingerprint density at radius 2 is 2.44 bits per heavy atom. The number of nitrogens with one attached hydrogen (secondary N) is 1. The summed E-state index contributed by atoms with van der Waals surface area (Å²) in [6.07, 6.45) is 6.05. The fraction of sp³-hybridized carbons (Fsp3) is 0.750. The lowest BCUT2D eigenvalue weighted by Gasteiger charge is -2.37. The summed E-state index contributed by atoms with van der Waals surface area (Å²) in [5, 5.41) is 2.71. The van der Waals surface area contributed by atoms with Crippen LogP contribution in [0.15, 0.2) is 0 Å². The largest absolute Gasteiger partial charge is 0.344 e. The molecule has 1 heterocycles. The van der Waals surface area contributed by atoms with E-state index in [0.717, 1.165) is 19.5 Å². The highest BCUT2D eigenvalue weighted by Gasteiger charge is 2.28. The Kier molecular flexibility index (Phi) is 4.78. The van der Waals surface area contributed by atoms with Crippen LogP contribution in [0.3, 0.4) is 0 Å². The monoisotopic (exact) mass is 223 g/mol. The zero-order chi connectivity index (χ0) is 12.1. The second-order valence-electron chi connectivity index (χ2n) is 4.52. The van der Waals surface area contributed by atoms with E-state index in [4.69, 9.17) is 12.2 Å². The number of nitrogens with zero attached hydrogens (tertiary/aromatic N) is 1. The lowest BCUT2D eigenvalue weighted by atomic mass is 9.94. The topological polar surface area (TPSA) is 58.4 Å². The fourth-order valence-electron chi connectivity index (χ4n) is 2.00. The van der Waals surface area contributed by atoms with Gasteiger partial charge >= 0.3 is 0 Å². The number of piperidine rings is 1. The van der Waals surface area contributed by atoms with Crippen LogP contribution in [0.5, 0.6) is 0 Å². The number of nitrogens with two attached hydrogens (primary N) is 1. The molecule has 1 aliphatic heterocycles. The molecule has 1 aliphatic rings. The molecule has 3 atom stereocenters. The molecule has 0 aromatic carbocycles. The summed E-state index contributed by atoms with van der Waals surface area (Å²) in [4.78, 5) is 13.9. The van der Waals surface area contributed by atoms with Crippen molar-refractivity contribution >= 4 is 5.91 Å². The van der Waals surface area contributed by atoms with Crippen molar-refractivity contribution in [2.75, 3.05) is 19.6 Å². The predicted molar refractivity (Wildman–Crippen MR) is 64.6 cm³/mol. The average molecular weight is 223 g/mol. The summed E-state index contributed by atoms with van der Waals surface area (Å²) in [5.41, 5.74) is 5.94. The first-order valence-electron chi connectivity index (χ1n) is 5.77. The van der Waals surface area contributed by atoms with E-state index in [9.17, 15) is 4.79 Å². The van der Waals surface area contributed by atoms with Gasteiger partial charge in [0, 0.05) is 19.1 Å². The van der Waals surface area contributed by atoms with E-state index in [-0.39, 0.29) is 18.0 Å². The van der Waals surface area contributed by atoms with Gasteiger partial charge in [0.25, 0.3) is 0 Å². The third-order valence-corrected chi connectivity index (χ3v) is 3.29. The van der Waals surface area contributed by atoms with Crippen molar-refractivity contribution in [1.29, 1.82) is 0 Å². The molecule has 16 heavy (non-hydrogen) atoms. The van der Waals surface area contributed by atoms with E-state index in [2.05, 4.69) is 23.1 Å². The standard InChI is InChI=1S/C12H21N3O/c1-4-6-14-12(16)10(3)15-7-5-11(13)9(2)8-15/h1,9-11H,5-8,13H2,2-3H3,(H,14,16). The lowest BCUT2D eigenvalue weighted by Crippen LogP contribution is -2.53. The van der Waals surface area contributed by atoms with Gasteiger partial charge < -0.3 is 11.1 Å². The molecule has 0 aromatic rings. The third-order valence-electron chi connectivity index (χ3n) is 3.29. The summed E-state index contributed by atoms with van der Waals surface area (Å²) in [5.74, 6) is 2.84. The number of hydrogen-bond acceptors (Lipinski definition) is 3. The summed E-state index contributed by atoms with van der Waals surface area (Å²) in [6.45, 7) is 6.10. The van der Waals surface area contributed by atoms with Crippen molar-refractivity contribution in [3.8, 4) is 12.3 Å². The first kappa shape index (κ1) is 13.0. The highest BCUT2D eigenvalue weighted by molar-refractivity contribution is 5.81. The van der Waals surface area contributed by atoms with Crippen molar-refractivity contribution in [2.24, 2.45) is 11.7 Å². The first-order chi connectivity index (χ1) is 7.56. The van der Waals surface area contributed by atoms with Crippen LogP contribution >= 0.6 is 0 Å². The molecule has 3 N–H and O–H groups in total. The predicted octanol–water partition coefficient (Wildman–Crippen LogP) is -0.207. The highest BCUT2D eigenvalue weighted by Crippen LogP contribution is 2.17. The van der Waals surface area contributed by atoms with E-state index in [0.29, 0.717) is 12.5 Å². The van der Waals surface area contributed by atoms with Crippen molar-refractivity contribution in [3.05, 3.63) is 0 Å². The second-order valence-corrected chi connectivity index (χ2v) is 4.52. The van der Waals surface area contributed by atoms with E-state index in [1.54, 1.807) is 0 Å². The third kappa shape index (κ3) is 3.22. The van der Waals surface area contributed by atoms with Gasteiger partial charge in [-0.15, -0.1) is 6.42 Å². The minimum Gasteiger partial charge on any atom is -0.344 e. The van der Waals surface area contributed by atoms with Crippen LogP contribution in [0.4, 0.5) is 0 Å². The Bertz CT molecular complexity index is 284. The number of terminal acetylenes is 1. The second kappa shape index (κ2) is 5.88. The van der Waals surface area contributed by atoms with Gasteiger partial charge in [-0.25, -0.2) is 0 Å².